The zero-order chi connectivity index (χ0) is 9.14. The molecule has 0 bridgehead atoms. The molecule has 0 aromatic heterocycles. The molecule has 4 heteroatoms. The monoisotopic (exact) mass is 193 g/mol. The predicted molar refractivity (Wildman–Crippen MR) is 46.0 cm³/mol. The van der Waals surface area contributed by atoms with Crippen molar-refractivity contribution in [2.45, 2.75) is 31.3 Å². The molecule has 0 N–H and O–H groups in total. The molecule has 2 nitrogen and oxygen atoms in total. The van der Waals surface area contributed by atoms with Gasteiger partial charge in [-0.3, -0.25) is 4.79 Å². The van der Waals surface area contributed by atoms with Gasteiger partial charge in [-0.2, -0.15) is 0 Å². The molecular formula is C8H13ClFNO. The lowest BCUT2D eigenvalue weighted by atomic mass is 10.3. The molecule has 2 atom stereocenters. The lowest BCUT2D eigenvalue weighted by Crippen LogP contribution is -2.34. The third kappa shape index (κ3) is 2.09. The smallest absolute Gasteiger partial charge is 0.240 e. The summed E-state index contributed by atoms with van der Waals surface area (Å²) in [6, 6.07) is 0. The van der Waals surface area contributed by atoms with Gasteiger partial charge in [-0.25, -0.2) is 4.39 Å². The number of carbonyl (C=O) groups is 1. The first-order valence-corrected chi connectivity index (χ1v) is 4.65. The summed E-state index contributed by atoms with van der Waals surface area (Å²) >= 11 is 5.73. The van der Waals surface area contributed by atoms with Gasteiger partial charge >= 0.3 is 0 Å². The van der Waals surface area contributed by atoms with Crippen LogP contribution in [0.1, 0.15) is 19.8 Å². The van der Waals surface area contributed by atoms with Gasteiger partial charge in [0.1, 0.15) is 11.5 Å². The average molecular weight is 194 g/mol. The third-order valence-electron chi connectivity index (χ3n) is 2.07. The highest BCUT2D eigenvalue weighted by Gasteiger charge is 2.28. The molecule has 12 heavy (non-hydrogen) atoms. The van der Waals surface area contributed by atoms with E-state index in [0.29, 0.717) is 19.4 Å². The van der Waals surface area contributed by atoms with Crippen LogP contribution in [0.3, 0.4) is 0 Å². The molecule has 0 radical (unpaired) electrons. The van der Waals surface area contributed by atoms with Crippen LogP contribution in [0.5, 0.6) is 0 Å². The highest BCUT2D eigenvalue weighted by molar-refractivity contribution is 6.30. The lowest BCUT2D eigenvalue weighted by Gasteiger charge is -2.17. The first-order valence-electron chi connectivity index (χ1n) is 4.22. The van der Waals surface area contributed by atoms with E-state index in [2.05, 4.69) is 0 Å². The topological polar surface area (TPSA) is 20.3 Å². The van der Waals surface area contributed by atoms with Gasteiger partial charge < -0.3 is 4.90 Å². The average Bonchev–Trinajstić information content (AvgIpc) is 2.49. The maximum absolute atomic E-state index is 12.7. The summed E-state index contributed by atoms with van der Waals surface area (Å²) in [4.78, 5) is 12.9. The van der Waals surface area contributed by atoms with Crippen molar-refractivity contribution in [2.24, 2.45) is 0 Å². The molecule has 0 spiro atoms. The van der Waals surface area contributed by atoms with Crippen LogP contribution in [-0.2, 0) is 4.79 Å². The summed E-state index contributed by atoms with van der Waals surface area (Å²) in [6.07, 6.45) is 0.210. The van der Waals surface area contributed by atoms with Crippen LogP contribution in [0.4, 0.5) is 4.39 Å². The van der Waals surface area contributed by atoms with Gasteiger partial charge in [-0.15, -0.1) is 11.6 Å². The summed E-state index contributed by atoms with van der Waals surface area (Å²) in [5.41, 5.74) is 0. The van der Waals surface area contributed by atoms with E-state index in [1.165, 1.54) is 4.90 Å². The Bertz CT molecular complexity index is 176. The molecule has 1 saturated heterocycles. The fourth-order valence-electron chi connectivity index (χ4n) is 1.29. The van der Waals surface area contributed by atoms with Crippen molar-refractivity contribution in [1.29, 1.82) is 0 Å². The third-order valence-corrected chi connectivity index (χ3v) is 2.56. The molecular weight excluding hydrogens is 181 g/mol. The number of hydrogen-bond acceptors (Lipinski definition) is 1. The molecule has 0 aliphatic carbocycles. The predicted octanol–water partition coefficient (Wildman–Crippen LogP) is 1.57. The maximum atomic E-state index is 12.7. The summed E-state index contributed by atoms with van der Waals surface area (Å²) in [6.45, 7) is 2.59. The quantitative estimate of drug-likeness (QED) is 0.610. The summed E-state index contributed by atoms with van der Waals surface area (Å²) in [5, 5.41) is -0.477. The van der Waals surface area contributed by atoms with Crippen LogP contribution in [-0.4, -0.2) is 35.4 Å². The molecule has 0 aromatic carbocycles. The molecule has 0 saturated carbocycles. The van der Waals surface area contributed by atoms with E-state index in [1.807, 2.05) is 6.92 Å². The second-order valence-corrected chi connectivity index (χ2v) is 3.57. The first-order chi connectivity index (χ1) is 5.65. The normalized spacial score (nSPS) is 25.9. The number of rotatable bonds is 2. The van der Waals surface area contributed by atoms with Gasteiger partial charge in [0, 0.05) is 6.54 Å². The number of carbonyl (C=O) groups excluding carboxylic acids is 1. The van der Waals surface area contributed by atoms with Crippen molar-refractivity contribution in [3.05, 3.63) is 0 Å². The van der Waals surface area contributed by atoms with Gasteiger partial charge in [-0.05, 0) is 12.8 Å². The number of amides is 1. The summed E-state index contributed by atoms with van der Waals surface area (Å²) in [5.74, 6) is -0.126. The second-order valence-electron chi connectivity index (χ2n) is 3.05. The number of likely N-dealkylation sites (tertiary alicyclic amines) is 1. The van der Waals surface area contributed by atoms with E-state index in [4.69, 9.17) is 11.6 Å². The molecule has 1 rings (SSSR count). The SMILES string of the molecule is CC[C@@H](Cl)C(=O)N1CC[C@@H](F)C1. The van der Waals surface area contributed by atoms with E-state index >= 15 is 0 Å². The standard InChI is InChI=1S/C8H13ClFNO/c1-2-7(9)8(12)11-4-3-6(10)5-11/h6-7H,2-5H2,1H3/t6-,7-/m1/s1. The van der Waals surface area contributed by atoms with Crippen molar-refractivity contribution in [2.75, 3.05) is 13.1 Å². The fraction of sp³-hybridized carbons (Fsp3) is 0.875. The van der Waals surface area contributed by atoms with E-state index in [9.17, 15) is 9.18 Å². The van der Waals surface area contributed by atoms with Crippen molar-refractivity contribution in [3.63, 3.8) is 0 Å². The van der Waals surface area contributed by atoms with Gasteiger partial charge in [0.15, 0.2) is 0 Å². The van der Waals surface area contributed by atoms with Crippen molar-refractivity contribution < 1.29 is 9.18 Å². The number of hydrogen-bond donors (Lipinski definition) is 0. The van der Waals surface area contributed by atoms with E-state index < -0.39 is 11.5 Å². The Morgan fingerprint density at radius 3 is 2.92 bits per heavy atom. The van der Waals surface area contributed by atoms with Gasteiger partial charge in [0.2, 0.25) is 5.91 Å². The van der Waals surface area contributed by atoms with Crippen LogP contribution in [0.2, 0.25) is 0 Å². The Kier molecular flexibility index (Phi) is 3.32. The number of nitrogens with zero attached hydrogens (tertiary/aromatic N) is 1. The highest BCUT2D eigenvalue weighted by Crippen LogP contribution is 2.16. The molecule has 1 fully saturated rings. The van der Waals surface area contributed by atoms with Crippen LogP contribution in [0.25, 0.3) is 0 Å². The van der Waals surface area contributed by atoms with Gasteiger partial charge in [0.05, 0.1) is 6.54 Å². The molecule has 0 aromatic rings. The van der Waals surface area contributed by atoms with Crippen LogP contribution >= 0.6 is 11.6 Å². The van der Waals surface area contributed by atoms with E-state index in [0.717, 1.165) is 0 Å². The van der Waals surface area contributed by atoms with Crippen LogP contribution in [0, 0.1) is 0 Å². The highest BCUT2D eigenvalue weighted by atomic mass is 35.5. The Morgan fingerprint density at radius 1 is 1.83 bits per heavy atom. The zero-order valence-electron chi connectivity index (χ0n) is 7.09. The minimum atomic E-state index is -0.852. The first kappa shape index (κ1) is 9.78. The van der Waals surface area contributed by atoms with E-state index in [1.54, 1.807) is 0 Å². The fourth-order valence-corrected chi connectivity index (χ4v) is 1.43. The number of alkyl halides is 2. The minimum absolute atomic E-state index is 0.126. The Morgan fingerprint density at radius 2 is 2.50 bits per heavy atom. The van der Waals surface area contributed by atoms with Crippen LogP contribution in [0.15, 0.2) is 0 Å². The molecule has 1 heterocycles. The molecule has 1 amide bonds. The van der Waals surface area contributed by atoms with E-state index in [-0.39, 0.29) is 12.5 Å². The van der Waals surface area contributed by atoms with Crippen molar-refractivity contribution in [3.8, 4) is 0 Å². The minimum Gasteiger partial charge on any atom is -0.338 e. The van der Waals surface area contributed by atoms with Crippen LogP contribution < -0.4 is 0 Å². The zero-order valence-corrected chi connectivity index (χ0v) is 7.85. The molecule has 0 unspecified atom stereocenters. The summed E-state index contributed by atoms with van der Waals surface area (Å²) < 4.78 is 12.7. The van der Waals surface area contributed by atoms with Crippen molar-refractivity contribution in [1.82, 2.24) is 4.90 Å². The lowest BCUT2D eigenvalue weighted by molar-refractivity contribution is -0.130. The van der Waals surface area contributed by atoms with Gasteiger partial charge in [-0.1, -0.05) is 6.92 Å². The number of halogens is 2. The molecule has 70 valence electrons. The van der Waals surface area contributed by atoms with Crippen molar-refractivity contribution >= 4 is 17.5 Å². The Labute approximate surface area is 76.7 Å². The Balaban J connectivity index is 2.43. The molecule has 1 aliphatic heterocycles. The van der Waals surface area contributed by atoms with Gasteiger partial charge in [0.25, 0.3) is 0 Å². The largest absolute Gasteiger partial charge is 0.338 e. The second kappa shape index (κ2) is 4.08. The molecule has 1 aliphatic rings. The Hall–Kier alpha value is -0.310. The summed E-state index contributed by atoms with van der Waals surface area (Å²) in [7, 11) is 0. The maximum Gasteiger partial charge on any atom is 0.240 e.